The SMILES string of the molecule is COCCCC[C@@H](c1cccc(F)c1-c1cccc(C)c1)[C@H]1CN(C(=O)[C@H]2C[C@@H](N)[C@@H](O)C2)CCO1. The first-order chi connectivity index (χ1) is 17.4. The third kappa shape index (κ3) is 6.14. The van der Waals surface area contributed by atoms with Crippen LogP contribution in [0.5, 0.6) is 0 Å². The first-order valence-corrected chi connectivity index (χ1v) is 13.1. The quantitative estimate of drug-likeness (QED) is 0.510. The van der Waals surface area contributed by atoms with Gasteiger partial charge in [-0.1, -0.05) is 48.4 Å². The smallest absolute Gasteiger partial charge is 0.226 e. The number of aliphatic hydroxyl groups is 1. The molecular formula is C29H39FN2O4. The number of carbonyl (C=O) groups is 1. The number of methoxy groups -OCH3 is 1. The topological polar surface area (TPSA) is 85.0 Å². The average Bonchev–Trinajstić information content (AvgIpc) is 3.21. The molecule has 0 aromatic heterocycles. The van der Waals surface area contributed by atoms with Crippen molar-refractivity contribution >= 4 is 5.91 Å². The van der Waals surface area contributed by atoms with E-state index in [0.717, 1.165) is 36.0 Å². The number of carbonyl (C=O) groups excluding carboxylic acids is 1. The van der Waals surface area contributed by atoms with E-state index in [2.05, 4.69) is 0 Å². The summed E-state index contributed by atoms with van der Waals surface area (Å²) in [5, 5.41) is 10.1. The van der Waals surface area contributed by atoms with E-state index >= 15 is 4.39 Å². The van der Waals surface area contributed by atoms with E-state index in [4.69, 9.17) is 15.2 Å². The summed E-state index contributed by atoms with van der Waals surface area (Å²) in [5.41, 5.74) is 9.41. The molecule has 1 saturated heterocycles. The highest BCUT2D eigenvalue weighted by Gasteiger charge is 2.39. The molecule has 5 atom stereocenters. The Kier molecular flexibility index (Phi) is 9.12. The van der Waals surface area contributed by atoms with E-state index in [1.807, 2.05) is 42.2 Å². The van der Waals surface area contributed by atoms with Gasteiger partial charge in [-0.3, -0.25) is 4.79 Å². The Labute approximate surface area is 213 Å². The van der Waals surface area contributed by atoms with Gasteiger partial charge in [0.05, 0.1) is 18.8 Å². The number of aryl methyl sites for hydroxylation is 1. The normalized spacial score (nSPS) is 25.2. The zero-order valence-electron chi connectivity index (χ0n) is 21.4. The van der Waals surface area contributed by atoms with Gasteiger partial charge in [0, 0.05) is 50.2 Å². The van der Waals surface area contributed by atoms with Crippen LogP contribution in [0.4, 0.5) is 4.39 Å². The standard InChI is InChI=1S/C29H39FN2O4/c1-19-7-5-8-20(15-19)28-23(10-6-11-24(28)30)22(9-3-4-13-35-2)27-18-32(12-14-36-27)29(34)21-16-25(31)26(33)17-21/h5-8,10-11,15,21-22,25-27,33H,3-4,9,12-14,16-18,31H2,1-2H3/t21-,22-,25+,26-,27+/m0/s1. The van der Waals surface area contributed by atoms with E-state index < -0.39 is 6.10 Å². The van der Waals surface area contributed by atoms with E-state index in [0.29, 0.717) is 44.7 Å². The van der Waals surface area contributed by atoms with Crippen LogP contribution in [0.25, 0.3) is 11.1 Å². The maximum atomic E-state index is 15.4. The fourth-order valence-electron chi connectivity index (χ4n) is 5.73. The largest absolute Gasteiger partial charge is 0.391 e. The number of rotatable bonds is 9. The van der Waals surface area contributed by atoms with Crippen LogP contribution in [-0.4, -0.2) is 67.6 Å². The van der Waals surface area contributed by atoms with Gasteiger partial charge >= 0.3 is 0 Å². The summed E-state index contributed by atoms with van der Waals surface area (Å²) in [6.07, 6.45) is 2.62. The molecule has 7 heteroatoms. The van der Waals surface area contributed by atoms with Crippen LogP contribution in [0, 0.1) is 18.7 Å². The van der Waals surface area contributed by atoms with Crippen molar-refractivity contribution in [3.05, 3.63) is 59.4 Å². The average molecular weight is 499 g/mol. The predicted octanol–water partition coefficient (Wildman–Crippen LogP) is 4.03. The highest BCUT2D eigenvalue weighted by molar-refractivity contribution is 5.79. The lowest BCUT2D eigenvalue weighted by Crippen LogP contribution is -2.49. The molecule has 4 rings (SSSR count). The molecule has 3 N–H and O–H groups in total. The number of amides is 1. The summed E-state index contributed by atoms with van der Waals surface area (Å²) in [7, 11) is 1.69. The Morgan fingerprint density at radius 1 is 1.25 bits per heavy atom. The summed E-state index contributed by atoms with van der Waals surface area (Å²) in [5.74, 6) is -0.560. The number of hydrogen-bond donors (Lipinski definition) is 2. The van der Waals surface area contributed by atoms with Crippen molar-refractivity contribution in [2.24, 2.45) is 11.7 Å². The minimum Gasteiger partial charge on any atom is -0.391 e. The molecule has 2 aromatic carbocycles. The van der Waals surface area contributed by atoms with Crippen molar-refractivity contribution in [1.29, 1.82) is 0 Å². The number of halogens is 1. The van der Waals surface area contributed by atoms with Gasteiger partial charge in [0.2, 0.25) is 5.91 Å². The molecule has 0 spiro atoms. The van der Waals surface area contributed by atoms with Gasteiger partial charge in [0.1, 0.15) is 5.82 Å². The van der Waals surface area contributed by atoms with Gasteiger partial charge in [-0.15, -0.1) is 0 Å². The van der Waals surface area contributed by atoms with Crippen LogP contribution in [0.3, 0.4) is 0 Å². The van der Waals surface area contributed by atoms with Crippen molar-refractivity contribution < 1.29 is 23.8 Å². The minimum absolute atomic E-state index is 0.0339. The maximum Gasteiger partial charge on any atom is 0.226 e. The Bertz CT molecular complexity index is 1020. The summed E-state index contributed by atoms with van der Waals surface area (Å²) in [6, 6.07) is 12.8. The molecule has 196 valence electrons. The number of nitrogens with two attached hydrogens (primary N) is 1. The summed E-state index contributed by atoms with van der Waals surface area (Å²) in [6.45, 7) is 4.06. The van der Waals surface area contributed by atoms with Crippen molar-refractivity contribution in [2.45, 2.75) is 63.2 Å². The van der Waals surface area contributed by atoms with E-state index in [-0.39, 0.29) is 35.7 Å². The van der Waals surface area contributed by atoms with E-state index in [1.165, 1.54) is 6.07 Å². The molecule has 1 aliphatic heterocycles. The van der Waals surface area contributed by atoms with Crippen LogP contribution in [0.1, 0.15) is 49.1 Å². The second-order valence-electron chi connectivity index (χ2n) is 10.3. The molecule has 6 nitrogen and oxygen atoms in total. The van der Waals surface area contributed by atoms with Crippen molar-refractivity contribution in [2.75, 3.05) is 33.4 Å². The molecule has 2 fully saturated rings. The molecule has 1 aliphatic carbocycles. The number of hydrogen-bond acceptors (Lipinski definition) is 5. The maximum absolute atomic E-state index is 15.4. The number of morpholine rings is 1. The van der Waals surface area contributed by atoms with Gasteiger partial charge in [-0.25, -0.2) is 4.39 Å². The number of nitrogens with zero attached hydrogens (tertiary/aromatic N) is 1. The van der Waals surface area contributed by atoms with Gasteiger partial charge in [-0.2, -0.15) is 0 Å². The molecule has 36 heavy (non-hydrogen) atoms. The fourth-order valence-corrected chi connectivity index (χ4v) is 5.73. The van der Waals surface area contributed by atoms with Crippen LogP contribution < -0.4 is 5.73 Å². The Morgan fingerprint density at radius 3 is 2.78 bits per heavy atom. The molecule has 2 aromatic rings. The highest BCUT2D eigenvalue weighted by Crippen LogP contribution is 2.38. The first kappa shape index (κ1) is 26.7. The van der Waals surface area contributed by atoms with Crippen molar-refractivity contribution in [3.63, 3.8) is 0 Å². The molecule has 1 amide bonds. The molecule has 1 saturated carbocycles. The summed E-state index contributed by atoms with van der Waals surface area (Å²) in [4.78, 5) is 15.2. The van der Waals surface area contributed by atoms with Crippen LogP contribution in [0.2, 0.25) is 0 Å². The molecule has 0 bridgehead atoms. The highest BCUT2D eigenvalue weighted by atomic mass is 19.1. The third-order valence-corrected chi connectivity index (χ3v) is 7.65. The monoisotopic (exact) mass is 498 g/mol. The molecule has 0 unspecified atom stereocenters. The first-order valence-electron chi connectivity index (χ1n) is 13.1. The number of aliphatic hydroxyl groups excluding tert-OH is 1. The van der Waals surface area contributed by atoms with E-state index in [1.54, 1.807) is 13.2 Å². The van der Waals surface area contributed by atoms with Crippen molar-refractivity contribution in [3.8, 4) is 11.1 Å². The van der Waals surface area contributed by atoms with E-state index in [9.17, 15) is 9.90 Å². The molecule has 2 aliphatic rings. The number of benzene rings is 2. The Morgan fingerprint density at radius 2 is 2.06 bits per heavy atom. The van der Waals surface area contributed by atoms with Crippen LogP contribution in [0.15, 0.2) is 42.5 Å². The van der Waals surface area contributed by atoms with Crippen molar-refractivity contribution in [1.82, 2.24) is 4.90 Å². The number of ether oxygens (including phenoxy) is 2. The predicted molar refractivity (Wildman–Crippen MR) is 138 cm³/mol. The lowest BCUT2D eigenvalue weighted by atomic mass is 9.82. The molecular weight excluding hydrogens is 459 g/mol. The molecule has 0 radical (unpaired) electrons. The van der Waals surface area contributed by atoms with Gasteiger partial charge in [0.25, 0.3) is 0 Å². The Hall–Kier alpha value is -2.32. The third-order valence-electron chi connectivity index (χ3n) is 7.65. The zero-order valence-corrected chi connectivity index (χ0v) is 21.4. The fraction of sp³-hybridized carbons (Fsp3) is 0.552. The zero-order chi connectivity index (χ0) is 25.7. The van der Waals surface area contributed by atoms with Gasteiger partial charge < -0.3 is 25.2 Å². The summed E-state index contributed by atoms with van der Waals surface area (Å²) < 4.78 is 26.9. The van der Waals surface area contributed by atoms with Crippen LogP contribution >= 0.6 is 0 Å². The minimum atomic E-state index is -0.631. The number of unbranched alkanes of at least 4 members (excludes halogenated alkanes) is 1. The van der Waals surface area contributed by atoms with Gasteiger partial charge in [0.15, 0.2) is 0 Å². The second kappa shape index (κ2) is 12.3. The molecule has 1 heterocycles. The lowest BCUT2D eigenvalue weighted by molar-refractivity contribution is -0.144. The van der Waals surface area contributed by atoms with Gasteiger partial charge in [-0.05, 0) is 49.8 Å². The second-order valence-corrected chi connectivity index (χ2v) is 10.3. The summed E-state index contributed by atoms with van der Waals surface area (Å²) >= 11 is 0. The Balaban J connectivity index is 1.62. The van der Waals surface area contributed by atoms with Crippen LogP contribution in [-0.2, 0) is 14.3 Å². The lowest BCUT2D eigenvalue weighted by Gasteiger charge is -2.39.